The number of benzene rings is 1. The molecular weight excluding hydrogens is 282 g/mol. The number of amides is 2. The summed E-state index contributed by atoms with van der Waals surface area (Å²) in [6.07, 6.45) is 2.99. The first-order valence-electron chi connectivity index (χ1n) is 6.75. The first kappa shape index (κ1) is 13.8. The molecule has 0 radical (unpaired) electrons. The number of likely N-dealkylation sites (tertiary alicyclic amines) is 1. The lowest BCUT2D eigenvalue weighted by molar-refractivity contribution is 0.0691. The second-order valence-electron chi connectivity index (χ2n) is 5.53. The summed E-state index contributed by atoms with van der Waals surface area (Å²) in [5.74, 6) is -3.18. The maximum Gasteiger partial charge on any atom is 0.338 e. The maximum atomic E-state index is 13.7. The first-order valence-corrected chi connectivity index (χ1v) is 6.75. The second-order valence-corrected chi connectivity index (χ2v) is 5.53. The quantitative estimate of drug-likeness (QED) is 0.881. The summed E-state index contributed by atoms with van der Waals surface area (Å²) in [5.41, 5.74) is -0.990. The van der Waals surface area contributed by atoms with Crippen LogP contribution in [-0.2, 0) is 0 Å². The standard InChI is InChI=1S/C14H14F2N2O3/c15-10-5-11(16)12(4-9(10)13(19)20)17-14(21)18-6-7-1-2-8(18)3-7/h4-5,7-8H,1-3,6H2,(H,17,21)(H,19,20). The van der Waals surface area contributed by atoms with E-state index < -0.39 is 29.2 Å². The average Bonchev–Trinajstić information content (AvgIpc) is 3.03. The van der Waals surface area contributed by atoms with E-state index in [0.717, 1.165) is 25.3 Å². The van der Waals surface area contributed by atoms with Crippen molar-refractivity contribution in [3.05, 3.63) is 29.3 Å². The average molecular weight is 296 g/mol. The Balaban J connectivity index is 1.80. The van der Waals surface area contributed by atoms with E-state index in [-0.39, 0.29) is 11.7 Å². The van der Waals surface area contributed by atoms with Crippen LogP contribution in [-0.4, -0.2) is 34.6 Å². The van der Waals surface area contributed by atoms with E-state index in [9.17, 15) is 18.4 Å². The van der Waals surface area contributed by atoms with Gasteiger partial charge in [-0.2, -0.15) is 0 Å². The monoisotopic (exact) mass is 296 g/mol. The molecule has 2 atom stereocenters. The fourth-order valence-corrected chi connectivity index (χ4v) is 3.17. The molecule has 3 rings (SSSR count). The van der Waals surface area contributed by atoms with Crippen molar-refractivity contribution in [3.8, 4) is 0 Å². The van der Waals surface area contributed by atoms with Crippen molar-refractivity contribution in [3.63, 3.8) is 0 Å². The Morgan fingerprint density at radius 3 is 2.57 bits per heavy atom. The van der Waals surface area contributed by atoms with Gasteiger partial charge in [-0.3, -0.25) is 0 Å². The van der Waals surface area contributed by atoms with Crippen LogP contribution in [0.3, 0.4) is 0 Å². The predicted octanol–water partition coefficient (Wildman–Crippen LogP) is 2.68. The number of nitrogens with zero attached hydrogens (tertiary/aromatic N) is 1. The van der Waals surface area contributed by atoms with Crippen molar-refractivity contribution in [2.45, 2.75) is 25.3 Å². The lowest BCUT2D eigenvalue weighted by atomic mass is 10.1. The van der Waals surface area contributed by atoms with Crippen LogP contribution in [0.4, 0.5) is 19.3 Å². The number of carboxylic acid groups (broad SMARTS) is 1. The zero-order chi connectivity index (χ0) is 15.1. The van der Waals surface area contributed by atoms with Crippen LogP contribution in [0.1, 0.15) is 29.6 Å². The number of carbonyl (C=O) groups is 2. The molecule has 7 heteroatoms. The van der Waals surface area contributed by atoms with Crippen LogP contribution in [0.2, 0.25) is 0 Å². The number of hydrogen-bond acceptors (Lipinski definition) is 2. The van der Waals surface area contributed by atoms with Crippen LogP contribution in [0.15, 0.2) is 12.1 Å². The van der Waals surface area contributed by atoms with E-state index in [0.29, 0.717) is 18.5 Å². The first-order chi connectivity index (χ1) is 9.95. The van der Waals surface area contributed by atoms with E-state index in [1.165, 1.54) is 0 Å². The molecule has 21 heavy (non-hydrogen) atoms. The van der Waals surface area contributed by atoms with Gasteiger partial charge in [-0.05, 0) is 31.2 Å². The van der Waals surface area contributed by atoms with Gasteiger partial charge >= 0.3 is 12.0 Å². The highest BCUT2D eigenvalue weighted by atomic mass is 19.1. The van der Waals surface area contributed by atoms with E-state index >= 15 is 0 Å². The van der Waals surface area contributed by atoms with Crippen LogP contribution in [0.25, 0.3) is 0 Å². The molecule has 0 spiro atoms. The summed E-state index contributed by atoms with van der Waals surface area (Å²) in [5, 5.41) is 11.2. The number of fused-ring (bicyclic) bond motifs is 2. The third kappa shape index (κ3) is 2.43. The number of aromatic carboxylic acids is 1. The molecule has 1 aliphatic heterocycles. The van der Waals surface area contributed by atoms with Crippen molar-refractivity contribution >= 4 is 17.7 Å². The summed E-state index contributed by atoms with van der Waals surface area (Å²) < 4.78 is 27.0. The van der Waals surface area contributed by atoms with Gasteiger partial charge in [0.2, 0.25) is 0 Å². The molecule has 2 fully saturated rings. The highest BCUT2D eigenvalue weighted by molar-refractivity contribution is 5.93. The predicted molar refractivity (Wildman–Crippen MR) is 70.2 cm³/mol. The minimum atomic E-state index is -1.51. The molecule has 0 aromatic heterocycles. The zero-order valence-corrected chi connectivity index (χ0v) is 11.1. The van der Waals surface area contributed by atoms with Gasteiger partial charge in [0.1, 0.15) is 11.6 Å². The number of carbonyl (C=O) groups excluding carboxylic acids is 1. The molecule has 1 aromatic rings. The minimum Gasteiger partial charge on any atom is -0.478 e. The molecule has 1 saturated carbocycles. The number of carboxylic acids is 1. The normalized spacial score (nSPS) is 23.4. The van der Waals surface area contributed by atoms with Gasteiger partial charge in [-0.25, -0.2) is 18.4 Å². The van der Waals surface area contributed by atoms with Crippen LogP contribution in [0, 0.1) is 17.6 Å². The molecular formula is C14H14F2N2O3. The van der Waals surface area contributed by atoms with Gasteiger partial charge in [0, 0.05) is 18.7 Å². The molecule has 1 aromatic carbocycles. The van der Waals surface area contributed by atoms with E-state index in [1.54, 1.807) is 4.90 Å². The molecule has 1 saturated heterocycles. The molecule has 1 heterocycles. The van der Waals surface area contributed by atoms with Crippen molar-refractivity contribution in [1.82, 2.24) is 4.90 Å². The van der Waals surface area contributed by atoms with Crippen LogP contribution < -0.4 is 5.32 Å². The number of urea groups is 1. The fraction of sp³-hybridized carbons (Fsp3) is 0.429. The summed E-state index contributed by atoms with van der Waals surface area (Å²) >= 11 is 0. The second kappa shape index (κ2) is 4.98. The fourth-order valence-electron chi connectivity index (χ4n) is 3.17. The molecule has 2 aliphatic rings. The van der Waals surface area contributed by atoms with Crippen molar-refractivity contribution in [2.75, 3.05) is 11.9 Å². The minimum absolute atomic E-state index is 0.164. The Morgan fingerprint density at radius 1 is 1.24 bits per heavy atom. The number of piperidine rings is 1. The Kier molecular flexibility index (Phi) is 3.27. The number of anilines is 1. The Hall–Kier alpha value is -2.18. The third-order valence-corrected chi connectivity index (χ3v) is 4.20. The number of nitrogens with one attached hydrogen (secondary N) is 1. The Morgan fingerprint density at radius 2 is 2.00 bits per heavy atom. The lowest BCUT2D eigenvalue weighted by Crippen LogP contribution is -2.40. The summed E-state index contributed by atoms with van der Waals surface area (Å²) in [7, 11) is 0. The number of halogens is 2. The summed E-state index contributed by atoms with van der Waals surface area (Å²) in [6, 6.07) is 0.968. The summed E-state index contributed by atoms with van der Waals surface area (Å²) in [4.78, 5) is 24.6. The topological polar surface area (TPSA) is 69.6 Å². The van der Waals surface area contributed by atoms with E-state index in [2.05, 4.69) is 5.32 Å². The SMILES string of the molecule is O=C(O)c1cc(NC(=O)N2CC3CCC2C3)c(F)cc1F. The Bertz CT molecular complexity index is 620. The van der Waals surface area contributed by atoms with E-state index in [1.807, 2.05) is 0 Å². The third-order valence-electron chi connectivity index (χ3n) is 4.20. The summed E-state index contributed by atoms with van der Waals surface area (Å²) in [6.45, 7) is 0.630. The molecule has 2 N–H and O–H groups in total. The highest BCUT2D eigenvalue weighted by Crippen LogP contribution is 2.37. The number of hydrogen-bond donors (Lipinski definition) is 2. The molecule has 5 nitrogen and oxygen atoms in total. The van der Waals surface area contributed by atoms with Crippen molar-refractivity contribution in [1.29, 1.82) is 0 Å². The van der Waals surface area contributed by atoms with Crippen molar-refractivity contribution in [2.24, 2.45) is 5.92 Å². The van der Waals surface area contributed by atoms with Gasteiger partial charge in [0.15, 0.2) is 0 Å². The van der Waals surface area contributed by atoms with Gasteiger partial charge in [-0.15, -0.1) is 0 Å². The molecule has 2 amide bonds. The zero-order valence-electron chi connectivity index (χ0n) is 11.1. The molecule has 1 aliphatic carbocycles. The smallest absolute Gasteiger partial charge is 0.338 e. The maximum absolute atomic E-state index is 13.7. The van der Waals surface area contributed by atoms with E-state index in [4.69, 9.17) is 5.11 Å². The van der Waals surface area contributed by atoms with Gasteiger partial charge in [-0.1, -0.05) is 0 Å². The van der Waals surface area contributed by atoms with Gasteiger partial charge in [0.05, 0.1) is 11.3 Å². The van der Waals surface area contributed by atoms with Crippen LogP contribution in [0.5, 0.6) is 0 Å². The molecule has 112 valence electrons. The molecule has 2 unspecified atom stereocenters. The lowest BCUT2D eigenvalue weighted by Gasteiger charge is -2.27. The van der Waals surface area contributed by atoms with Crippen LogP contribution >= 0.6 is 0 Å². The molecule has 2 bridgehead atoms. The van der Waals surface area contributed by atoms with Gasteiger partial charge in [0.25, 0.3) is 0 Å². The highest BCUT2D eigenvalue weighted by Gasteiger charge is 2.40. The number of rotatable bonds is 2. The van der Waals surface area contributed by atoms with Crippen molar-refractivity contribution < 1.29 is 23.5 Å². The largest absolute Gasteiger partial charge is 0.478 e. The van der Waals surface area contributed by atoms with Gasteiger partial charge < -0.3 is 15.3 Å². The Labute approximate surface area is 119 Å².